The number of H-pyrrole nitrogens is 1. The quantitative estimate of drug-likeness (QED) is 0.933. The largest absolute Gasteiger partial charge is 0.341 e. The Bertz CT molecular complexity index is 537. The van der Waals surface area contributed by atoms with Gasteiger partial charge in [-0.05, 0) is 24.1 Å². The van der Waals surface area contributed by atoms with Crippen LogP contribution in [0.15, 0.2) is 34.9 Å². The summed E-state index contributed by atoms with van der Waals surface area (Å²) in [7, 11) is 0. The van der Waals surface area contributed by atoms with E-state index in [1.54, 1.807) is 6.20 Å². The molecule has 0 amide bonds. The van der Waals surface area contributed by atoms with E-state index in [0.29, 0.717) is 0 Å². The summed E-state index contributed by atoms with van der Waals surface area (Å²) in [4.78, 5) is 7.47. The molecule has 1 aromatic carbocycles. The smallest absolute Gasteiger partial charge is 0.123 e. The van der Waals surface area contributed by atoms with Crippen molar-refractivity contribution in [1.29, 1.82) is 5.26 Å². The van der Waals surface area contributed by atoms with Crippen LogP contribution in [0.5, 0.6) is 0 Å². The molecule has 17 heavy (non-hydrogen) atoms. The van der Waals surface area contributed by atoms with Crippen molar-refractivity contribution in [2.45, 2.75) is 19.3 Å². The van der Waals surface area contributed by atoms with Crippen LogP contribution in [0.2, 0.25) is 0 Å². The van der Waals surface area contributed by atoms with Gasteiger partial charge in [0.1, 0.15) is 11.7 Å². The zero-order valence-corrected chi connectivity index (χ0v) is 11.0. The minimum absolute atomic E-state index is 0.154. The van der Waals surface area contributed by atoms with Crippen LogP contribution in [0.1, 0.15) is 25.1 Å². The normalized spacial score (nSPS) is 12.1. The fourth-order valence-corrected chi connectivity index (χ4v) is 1.90. The van der Waals surface area contributed by atoms with Crippen molar-refractivity contribution in [2.75, 3.05) is 0 Å². The molecule has 1 heterocycles. The highest BCUT2D eigenvalue weighted by atomic mass is 79.9. The van der Waals surface area contributed by atoms with Crippen molar-refractivity contribution in [3.63, 3.8) is 0 Å². The van der Waals surface area contributed by atoms with Crippen molar-refractivity contribution < 1.29 is 0 Å². The summed E-state index contributed by atoms with van der Waals surface area (Å²) in [5.74, 6) is 0.590. The van der Waals surface area contributed by atoms with E-state index in [2.05, 4.69) is 32.0 Å². The van der Waals surface area contributed by atoms with Gasteiger partial charge in [0, 0.05) is 4.47 Å². The molecule has 4 heteroatoms. The molecule has 0 spiro atoms. The molecule has 0 saturated heterocycles. The predicted octanol–water partition coefficient (Wildman–Crippen LogP) is 3.86. The number of nitrogens with one attached hydrogen (secondary N) is 1. The zero-order chi connectivity index (χ0) is 12.3. The molecule has 3 nitrogen and oxygen atoms in total. The number of nitrogens with zero attached hydrogens (tertiary/aromatic N) is 2. The predicted molar refractivity (Wildman–Crippen MR) is 70.4 cm³/mol. The Morgan fingerprint density at radius 3 is 2.71 bits per heavy atom. The molecule has 0 fully saturated rings. The second kappa shape index (κ2) is 5.15. The summed E-state index contributed by atoms with van der Waals surface area (Å²) >= 11 is 3.40. The fourth-order valence-electron chi connectivity index (χ4n) is 1.64. The van der Waals surface area contributed by atoms with Crippen LogP contribution in [0.25, 0.3) is 11.3 Å². The maximum atomic E-state index is 8.98. The third-order valence-electron chi connectivity index (χ3n) is 2.64. The third-order valence-corrected chi connectivity index (χ3v) is 3.17. The van der Waals surface area contributed by atoms with Crippen LogP contribution in [-0.4, -0.2) is 9.97 Å². The van der Waals surface area contributed by atoms with Gasteiger partial charge in [-0.3, -0.25) is 0 Å². The molecule has 1 atom stereocenters. The zero-order valence-electron chi connectivity index (χ0n) is 9.44. The first-order valence-corrected chi connectivity index (χ1v) is 6.24. The summed E-state index contributed by atoms with van der Waals surface area (Å²) < 4.78 is 1.05. The summed E-state index contributed by atoms with van der Waals surface area (Å²) in [5, 5.41) is 8.98. The van der Waals surface area contributed by atoms with Crippen LogP contribution in [0, 0.1) is 11.3 Å². The number of imidazole rings is 1. The third kappa shape index (κ3) is 2.56. The number of aromatic nitrogens is 2. The molecule has 0 radical (unpaired) electrons. The second-order valence-corrected chi connectivity index (χ2v) is 4.69. The summed E-state index contributed by atoms with van der Waals surface area (Å²) in [6, 6.07) is 10.2. The number of hydrogen-bond acceptors (Lipinski definition) is 2. The summed E-state index contributed by atoms with van der Waals surface area (Å²) in [6.45, 7) is 1.98. The topological polar surface area (TPSA) is 52.5 Å². The Morgan fingerprint density at radius 1 is 1.41 bits per heavy atom. The van der Waals surface area contributed by atoms with E-state index in [-0.39, 0.29) is 5.92 Å². The van der Waals surface area contributed by atoms with Crippen molar-refractivity contribution in [3.8, 4) is 17.3 Å². The van der Waals surface area contributed by atoms with Gasteiger partial charge >= 0.3 is 0 Å². The number of halogens is 1. The summed E-state index contributed by atoms with van der Waals surface area (Å²) in [6.07, 6.45) is 2.54. The van der Waals surface area contributed by atoms with Crippen LogP contribution in [0.4, 0.5) is 0 Å². The van der Waals surface area contributed by atoms with E-state index in [1.165, 1.54) is 0 Å². The van der Waals surface area contributed by atoms with Gasteiger partial charge in [0.2, 0.25) is 0 Å². The molecular weight excluding hydrogens is 278 g/mol. The molecule has 0 aliphatic rings. The van der Waals surface area contributed by atoms with Crippen LogP contribution >= 0.6 is 15.9 Å². The van der Waals surface area contributed by atoms with E-state index in [4.69, 9.17) is 5.26 Å². The lowest BCUT2D eigenvalue weighted by molar-refractivity contribution is 0.766. The number of aromatic amines is 1. The van der Waals surface area contributed by atoms with Gasteiger partial charge in [-0.25, -0.2) is 4.98 Å². The molecule has 1 aromatic heterocycles. The van der Waals surface area contributed by atoms with Crippen molar-refractivity contribution in [3.05, 3.63) is 40.8 Å². The molecule has 1 unspecified atom stereocenters. The van der Waals surface area contributed by atoms with E-state index in [0.717, 1.165) is 28.0 Å². The standard InChI is InChI=1S/C13H12BrN3/c1-2-9(7-15)13-16-8-12(17-13)10-3-5-11(14)6-4-10/h3-6,8-9H,2H2,1H3,(H,16,17). The Labute approximate surface area is 109 Å². The van der Waals surface area contributed by atoms with E-state index < -0.39 is 0 Å². The Kier molecular flexibility index (Phi) is 3.60. The van der Waals surface area contributed by atoms with Crippen LogP contribution < -0.4 is 0 Å². The second-order valence-electron chi connectivity index (χ2n) is 3.78. The Hall–Kier alpha value is -1.60. The van der Waals surface area contributed by atoms with Gasteiger partial charge in [-0.1, -0.05) is 35.0 Å². The van der Waals surface area contributed by atoms with Gasteiger partial charge in [-0.15, -0.1) is 0 Å². The molecule has 0 aliphatic carbocycles. The minimum atomic E-state index is -0.154. The van der Waals surface area contributed by atoms with Gasteiger partial charge < -0.3 is 4.98 Å². The lowest BCUT2D eigenvalue weighted by Gasteiger charge is -2.01. The lowest BCUT2D eigenvalue weighted by atomic mass is 10.1. The van der Waals surface area contributed by atoms with Crippen molar-refractivity contribution >= 4 is 15.9 Å². The highest BCUT2D eigenvalue weighted by molar-refractivity contribution is 9.10. The Balaban J connectivity index is 2.30. The molecular formula is C13H12BrN3. The first-order chi connectivity index (χ1) is 8.24. The average molecular weight is 290 g/mol. The van der Waals surface area contributed by atoms with E-state index in [1.807, 2.05) is 31.2 Å². The maximum Gasteiger partial charge on any atom is 0.123 e. The molecule has 2 rings (SSSR count). The molecule has 2 aromatic rings. The van der Waals surface area contributed by atoms with Gasteiger partial charge in [-0.2, -0.15) is 5.26 Å². The van der Waals surface area contributed by atoms with Crippen LogP contribution in [-0.2, 0) is 0 Å². The van der Waals surface area contributed by atoms with Gasteiger partial charge in [0.15, 0.2) is 0 Å². The highest BCUT2D eigenvalue weighted by Crippen LogP contribution is 2.22. The highest BCUT2D eigenvalue weighted by Gasteiger charge is 2.12. The monoisotopic (exact) mass is 289 g/mol. The molecule has 0 bridgehead atoms. The molecule has 0 saturated carbocycles. The first-order valence-electron chi connectivity index (χ1n) is 5.45. The number of rotatable bonds is 3. The van der Waals surface area contributed by atoms with E-state index >= 15 is 0 Å². The van der Waals surface area contributed by atoms with Gasteiger partial charge in [0.25, 0.3) is 0 Å². The van der Waals surface area contributed by atoms with E-state index in [9.17, 15) is 0 Å². The number of nitriles is 1. The van der Waals surface area contributed by atoms with Crippen molar-refractivity contribution in [2.24, 2.45) is 0 Å². The Morgan fingerprint density at radius 2 is 2.12 bits per heavy atom. The minimum Gasteiger partial charge on any atom is -0.341 e. The number of hydrogen-bond donors (Lipinski definition) is 1. The maximum absolute atomic E-state index is 8.98. The summed E-state index contributed by atoms with van der Waals surface area (Å²) in [5.41, 5.74) is 2.01. The fraction of sp³-hybridized carbons (Fsp3) is 0.231. The van der Waals surface area contributed by atoms with Crippen LogP contribution in [0.3, 0.4) is 0 Å². The number of benzene rings is 1. The first kappa shape index (κ1) is 11.9. The molecule has 1 N–H and O–H groups in total. The van der Waals surface area contributed by atoms with Gasteiger partial charge in [0.05, 0.1) is 18.0 Å². The SMILES string of the molecule is CCC(C#N)c1ncc(-c2ccc(Br)cc2)[nH]1. The average Bonchev–Trinajstić information content (AvgIpc) is 2.81. The lowest BCUT2D eigenvalue weighted by Crippen LogP contribution is -1.95. The van der Waals surface area contributed by atoms with Crippen molar-refractivity contribution in [1.82, 2.24) is 9.97 Å². The molecule has 86 valence electrons. The molecule has 0 aliphatic heterocycles.